The van der Waals surface area contributed by atoms with Crippen LogP contribution < -0.4 is 5.32 Å². The van der Waals surface area contributed by atoms with Crippen LogP contribution in [-0.2, 0) is 4.79 Å². The molecule has 0 aromatic heterocycles. The average molecular weight is 360 g/mol. The minimum Gasteiger partial charge on any atom is -0.394 e. The van der Waals surface area contributed by atoms with Crippen molar-refractivity contribution in [3.05, 3.63) is 0 Å². The molecule has 0 aromatic rings. The number of aliphatic hydroxyl groups is 3. The van der Waals surface area contributed by atoms with Gasteiger partial charge in [0.1, 0.15) is 6.61 Å². The summed E-state index contributed by atoms with van der Waals surface area (Å²) in [5.41, 5.74) is 0. The summed E-state index contributed by atoms with van der Waals surface area (Å²) >= 11 is 0. The van der Waals surface area contributed by atoms with E-state index in [0.717, 1.165) is 12.8 Å². The number of carbonyl (C=O) groups excluding carboxylic acids is 1. The van der Waals surface area contributed by atoms with Gasteiger partial charge in [-0.05, 0) is 6.42 Å². The summed E-state index contributed by atoms with van der Waals surface area (Å²) in [6.07, 6.45) is 16.4. The van der Waals surface area contributed by atoms with Crippen LogP contribution in [0, 0.1) is 0 Å². The Morgan fingerprint density at radius 2 is 1.24 bits per heavy atom. The lowest BCUT2D eigenvalue weighted by atomic mass is 10.0. The smallest absolute Gasteiger partial charge is 0.246 e. The minimum atomic E-state index is -0.756. The maximum atomic E-state index is 11.1. The first kappa shape index (κ1) is 24.4. The Balaban J connectivity index is 3.40. The van der Waals surface area contributed by atoms with E-state index < -0.39 is 24.7 Å². The highest BCUT2D eigenvalue weighted by Crippen LogP contribution is 2.14. The monoisotopic (exact) mass is 359 g/mol. The first-order valence-corrected chi connectivity index (χ1v) is 10.3. The van der Waals surface area contributed by atoms with Crippen molar-refractivity contribution in [2.24, 2.45) is 0 Å². The van der Waals surface area contributed by atoms with Crippen molar-refractivity contribution >= 4 is 5.91 Å². The summed E-state index contributed by atoms with van der Waals surface area (Å²) < 4.78 is 0. The van der Waals surface area contributed by atoms with Crippen LogP contribution >= 0.6 is 0 Å². The predicted octanol–water partition coefficient (Wildman–Crippen LogP) is 3.30. The van der Waals surface area contributed by atoms with Crippen LogP contribution in [0.2, 0.25) is 0 Å². The molecule has 0 heterocycles. The van der Waals surface area contributed by atoms with Gasteiger partial charge in [0.15, 0.2) is 0 Å². The number of hydrogen-bond donors (Lipinski definition) is 4. The fourth-order valence-electron chi connectivity index (χ4n) is 3.09. The number of unbranched alkanes of at least 4 members (excludes halogenated alkanes) is 12. The van der Waals surface area contributed by atoms with Crippen LogP contribution in [-0.4, -0.2) is 46.6 Å². The molecule has 0 radical (unpaired) electrons. The van der Waals surface area contributed by atoms with E-state index in [4.69, 9.17) is 5.11 Å². The highest BCUT2D eigenvalue weighted by molar-refractivity contribution is 5.77. The second kappa shape index (κ2) is 18.2. The summed E-state index contributed by atoms with van der Waals surface area (Å²) in [7, 11) is 0. The van der Waals surface area contributed by atoms with Crippen LogP contribution in [0.15, 0.2) is 0 Å². The summed E-state index contributed by atoms with van der Waals surface area (Å²) in [6.45, 7) is 1.31. The minimum absolute atomic E-state index is 0.314. The Morgan fingerprint density at radius 3 is 1.64 bits per heavy atom. The molecule has 0 aliphatic carbocycles. The molecule has 0 fully saturated rings. The molecule has 0 aliphatic heterocycles. The van der Waals surface area contributed by atoms with Gasteiger partial charge >= 0.3 is 0 Å². The highest BCUT2D eigenvalue weighted by atomic mass is 16.3. The van der Waals surface area contributed by atoms with Gasteiger partial charge in [-0.2, -0.15) is 0 Å². The molecule has 2 atom stereocenters. The number of rotatable bonds is 18. The Hall–Kier alpha value is -0.650. The molecule has 0 saturated heterocycles. The Labute approximate surface area is 154 Å². The molecule has 5 nitrogen and oxygen atoms in total. The lowest BCUT2D eigenvalue weighted by molar-refractivity contribution is -0.125. The molecule has 25 heavy (non-hydrogen) atoms. The van der Waals surface area contributed by atoms with Crippen molar-refractivity contribution < 1.29 is 20.1 Å². The Kier molecular flexibility index (Phi) is 17.7. The van der Waals surface area contributed by atoms with Gasteiger partial charge in [0.05, 0.1) is 18.8 Å². The van der Waals surface area contributed by atoms with Crippen LogP contribution in [0.5, 0.6) is 0 Å². The van der Waals surface area contributed by atoms with Crippen LogP contribution in [0.1, 0.15) is 96.8 Å². The zero-order valence-corrected chi connectivity index (χ0v) is 16.2. The van der Waals surface area contributed by atoms with E-state index in [0.29, 0.717) is 6.42 Å². The summed E-state index contributed by atoms with van der Waals surface area (Å²) in [5.74, 6) is -0.566. The van der Waals surface area contributed by atoms with Crippen molar-refractivity contribution in [3.8, 4) is 0 Å². The molecule has 4 N–H and O–H groups in total. The third-order valence-corrected chi connectivity index (χ3v) is 4.75. The van der Waals surface area contributed by atoms with Crippen molar-refractivity contribution in [1.82, 2.24) is 5.32 Å². The molecule has 150 valence electrons. The van der Waals surface area contributed by atoms with Gasteiger partial charge in [-0.1, -0.05) is 90.4 Å². The lowest BCUT2D eigenvalue weighted by Gasteiger charge is -2.21. The van der Waals surface area contributed by atoms with Gasteiger partial charge < -0.3 is 20.6 Å². The molecule has 0 saturated carbocycles. The molecule has 0 rings (SSSR count). The van der Waals surface area contributed by atoms with Gasteiger partial charge in [0.2, 0.25) is 5.91 Å². The van der Waals surface area contributed by atoms with E-state index in [1.165, 1.54) is 70.6 Å². The van der Waals surface area contributed by atoms with E-state index >= 15 is 0 Å². The quantitative estimate of drug-likeness (QED) is 0.283. The molecule has 0 unspecified atom stereocenters. The summed E-state index contributed by atoms with van der Waals surface area (Å²) in [6, 6.07) is -0.683. The maximum absolute atomic E-state index is 11.1. The number of nitrogens with one attached hydrogen (secondary N) is 1. The zero-order valence-electron chi connectivity index (χ0n) is 16.2. The largest absolute Gasteiger partial charge is 0.394 e. The van der Waals surface area contributed by atoms with Crippen molar-refractivity contribution in [2.45, 2.75) is 109 Å². The second-order valence-electron chi connectivity index (χ2n) is 7.11. The average Bonchev–Trinajstić information content (AvgIpc) is 2.63. The molecule has 0 aromatic carbocycles. The van der Waals surface area contributed by atoms with E-state index in [-0.39, 0.29) is 6.61 Å². The van der Waals surface area contributed by atoms with Gasteiger partial charge in [-0.15, -0.1) is 0 Å². The number of carbonyl (C=O) groups is 1. The third kappa shape index (κ3) is 15.3. The normalized spacial score (nSPS) is 13.6. The molecule has 5 heteroatoms. The Morgan fingerprint density at radius 1 is 0.800 bits per heavy atom. The number of hydrogen-bond acceptors (Lipinski definition) is 4. The zero-order chi connectivity index (χ0) is 18.8. The van der Waals surface area contributed by atoms with Crippen molar-refractivity contribution in [3.63, 3.8) is 0 Å². The van der Waals surface area contributed by atoms with Gasteiger partial charge in [-0.25, -0.2) is 0 Å². The first-order chi connectivity index (χ1) is 12.2. The SMILES string of the molecule is CCCCCCCCCCCCCCC[C@H](O)[C@H](CO)NC(=O)CO. The predicted molar refractivity (Wildman–Crippen MR) is 102 cm³/mol. The fourth-order valence-corrected chi connectivity index (χ4v) is 3.09. The summed E-state index contributed by atoms with van der Waals surface area (Å²) in [5, 5.41) is 30.3. The van der Waals surface area contributed by atoms with Gasteiger partial charge in [0.25, 0.3) is 0 Å². The fraction of sp³-hybridized carbons (Fsp3) is 0.950. The maximum Gasteiger partial charge on any atom is 0.246 e. The molecular formula is C20H41NO4. The topological polar surface area (TPSA) is 89.8 Å². The number of amides is 1. The summed E-state index contributed by atoms with van der Waals surface area (Å²) in [4.78, 5) is 11.1. The van der Waals surface area contributed by atoms with Crippen LogP contribution in [0.3, 0.4) is 0 Å². The highest BCUT2D eigenvalue weighted by Gasteiger charge is 2.19. The standard InChI is InChI=1S/C20H41NO4/c1-2-3-4-5-6-7-8-9-10-11-12-13-14-15-19(24)18(16-22)21-20(25)17-23/h18-19,22-24H,2-17H2,1H3,(H,21,25)/t18-,19-/m0/s1. The van der Waals surface area contributed by atoms with Gasteiger partial charge in [0, 0.05) is 0 Å². The molecule has 0 spiro atoms. The molecule has 0 aliphatic rings. The first-order valence-electron chi connectivity index (χ1n) is 10.3. The van der Waals surface area contributed by atoms with Crippen LogP contribution in [0.25, 0.3) is 0 Å². The second-order valence-corrected chi connectivity index (χ2v) is 7.11. The van der Waals surface area contributed by atoms with E-state index in [1.807, 2.05) is 0 Å². The Bertz CT molecular complexity index is 299. The molecule has 0 bridgehead atoms. The molecular weight excluding hydrogens is 318 g/mol. The van der Waals surface area contributed by atoms with Crippen molar-refractivity contribution in [2.75, 3.05) is 13.2 Å². The third-order valence-electron chi connectivity index (χ3n) is 4.75. The van der Waals surface area contributed by atoms with E-state index in [9.17, 15) is 15.0 Å². The lowest BCUT2D eigenvalue weighted by Crippen LogP contribution is -2.46. The van der Waals surface area contributed by atoms with Gasteiger partial charge in [-0.3, -0.25) is 4.79 Å². The molecule has 1 amide bonds. The van der Waals surface area contributed by atoms with E-state index in [2.05, 4.69) is 12.2 Å². The number of aliphatic hydroxyl groups excluding tert-OH is 3. The van der Waals surface area contributed by atoms with E-state index in [1.54, 1.807) is 0 Å². The van der Waals surface area contributed by atoms with Crippen molar-refractivity contribution in [1.29, 1.82) is 0 Å². The van der Waals surface area contributed by atoms with Crippen LogP contribution in [0.4, 0.5) is 0 Å².